The summed E-state index contributed by atoms with van der Waals surface area (Å²) in [7, 11) is 0. The van der Waals surface area contributed by atoms with E-state index in [1.54, 1.807) is 13.8 Å². The van der Waals surface area contributed by atoms with Crippen molar-refractivity contribution >= 4 is 11.6 Å². The number of carbonyl (C=O) groups is 2. The van der Waals surface area contributed by atoms with Crippen LogP contribution in [0.1, 0.15) is 41.5 Å². The van der Waals surface area contributed by atoms with Crippen LogP contribution >= 0.6 is 0 Å². The van der Waals surface area contributed by atoms with Gasteiger partial charge >= 0.3 is 16.5 Å². The Labute approximate surface area is 137 Å². The van der Waals surface area contributed by atoms with Crippen molar-refractivity contribution in [1.29, 1.82) is 0 Å². The van der Waals surface area contributed by atoms with Crippen LogP contribution in [0.3, 0.4) is 0 Å². The minimum Gasteiger partial charge on any atom is -0.876 e. The molecule has 0 amide bonds. The van der Waals surface area contributed by atoms with Crippen LogP contribution in [0.4, 0.5) is 0 Å². The van der Waals surface area contributed by atoms with Gasteiger partial charge in [0.1, 0.15) is 0 Å². The molecule has 0 aliphatic rings. The van der Waals surface area contributed by atoms with E-state index in [1.165, 1.54) is 27.7 Å². The molecule has 2 N–H and O–H groups in total. The molecule has 0 unspecified atom stereocenters. The number of hydrogen-bond donors (Lipinski definition) is 2. The molecule has 0 aromatic rings. The van der Waals surface area contributed by atoms with Crippen molar-refractivity contribution in [2.45, 2.75) is 41.5 Å². The smallest absolute Gasteiger partial charge is 0.876 e. The third-order valence-electron chi connectivity index (χ3n) is 0.813. The predicted molar refractivity (Wildman–Crippen MR) is 74.4 cm³/mol. The van der Waals surface area contributed by atoms with Gasteiger partial charge in [-0.25, -0.2) is 0 Å². The zero-order valence-corrected chi connectivity index (χ0v) is 14.4. The maximum absolute atomic E-state index is 9.98. The van der Waals surface area contributed by atoms with Gasteiger partial charge in [0.25, 0.3) is 0 Å². The molecule has 0 heterocycles. The summed E-state index contributed by atoms with van der Waals surface area (Å²) < 4.78 is 0. The van der Waals surface area contributed by atoms with Gasteiger partial charge in [-0.3, -0.25) is 9.59 Å². The number of hydrogen-bond acceptors (Lipinski definition) is 6. The SMILES string of the molecule is CC(=O)/C=C(/C)[O-].CC(=O)/C=C(/C)[O-].CCO.CCO.[Ni+2]. The Morgan fingerprint density at radius 2 is 0.952 bits per heavy atom. The average molecular weight is 349 g/mol. The first-order valence-corrected chi connectivity index (χ1v) is 6.02. The zero-order chi connectivity index (χ0) is 17.1. The molecular weight excluding hydrogens is 323 g/mol. The summed E-state index contributed by atoms with van der Waals surface area (Å²) in [5.74, 6) is -0.750. The quantitative estimate of drug-likeness (QED) is 0.400. The summed E-state index contributed by atoms with van der Waals surface area (Å²) >= 11 is 0. The summed E-state index contributed by atoms with van der Waals surface area (Å²) in [6.07, 6.45) is 2.11. The Kier molecular flexibility index (Phi) is 41.4. The first-order chi connectivity index (χ1) is 9.08. The summed E-state index contributed by atoms with van der Waals surface area (Å²) in [5, 5.41) is 35.1. The zero-order valence-electron chi connectivity index (χ0n) is 13.4. The van der Waals surface area contributed by atoms with Crippen molar-refractivity contribution in [2.24, 2.45) is 0 Å². The van der Waals surface area contributed by atoms with Crippen LogP contribution in [0.2, 0.25) is 0 Å². The Morgan fingerprint density at radius 1 is 0.810 bits per heavy atom. The van der Waals surface area contributed by atoms with Crippen LogP contribution in [0, 0.1) is 0 Å². The van der Waals surface area contributed by atoms with Gasteiger partial charge in [0, 0.05) is 13.2 Å². The number of allylic oxidation sites excluding steroid dienone is 4. The third kappa shape index (κ3) is 114. The Bertz CT molecular complexity index is 260. The molecule has 0 radical (unpaired) electrons. The maximum atomic E-state index is 9.98. The van der Waals surface area contributed by atoms with Gasteiger partial charge in [-0.2, -0.15) is 0 Å². The molecule has 0 fully saturated rings. The molecule has 0 aliphatic heterocycles. The standard InChI is InChI=1S/2C5H8O2.2C2H6O.Ni/c2*1-4(6)3-5(2)7;2*1-2-3;/h2*3,6H,1-2H3;2*3H,2H2,1H3;/q;;;;+2/p-2/b2*4-3-;;;. The molecule has 0 saturated heterocycles. The van der Waals surface area contributed by atoms with E-state index in [9.17, 15) is 19.8 Å². The van der Waals surface area contributed by atoms with Crippen molar-refractivity contribution in [3.05, 3.63) is 23.7 Å². The monoisotopic (exact) mass is 348 g/mol. The number of rotatable bonds is 2. The average Bonchev–Trinajstić information content (AvgIpc) is 2.15. The second kappa shape index (κ2) is 27.2. The maximum Gasteiger partial charge on any atom is 2.00 e. The second-order valence-electron chi connectivity index (χ2n) is 3.36. The molecule has 0 aliphatic carbocycles. The summed E-state index contributed by atoms with van der Waals surface area (Å²) in [6, 6.07) is 0. The van der Waals surface area contributed by atoms with Gasteiger partial charge < -0.3 is 20.4 Å². The van der Waals surface area contributed by atoms with Crippen LogP contribution in [0.15, 0.2) is 23.7 Å². The molecule has 0 aromatic carbocycles. The minimum absolute atomic E-state index is 0. The molecule has 0 bridgehead atoms. The summed E-state index contributed by atoms with van der Waals surface area (Å²) in [5.41, 5.74) is 0. The van der Waals surface area contributed by atoms with E-state index < -0.39 is 0 Å². The van der Waals surface area contributed by atoms with E-state index in [0.29, 0.717) is 0 Å². The largest absolute Gasteiger partial charge is 2.00 e. The van der Waals surface area contributed by atoms with Crippen LogP contribution in [-0.2, 0) is 26.1 Å². The summed E-state index contributed by atoms with van der Waals surface area (Å²) in [6.45, 7) is 9.26. The summed E-state index contributed by atoms with van der Waals surface area (Å²) in [4.78, 5) is 20.0. The molecule has 0 saturated carbocycles. The molecule has 0 aromatic heterocycles. The molecular formula is C14H26NiO6. The van der Waals surface area contributed by atoms with Crippen LogP contribution in [0.5, 0.6) is 0 Å². The topological polar surface area (TPSA) is 121 Å². The van der Waals surface area contributed by atoms with Crippen molar-refractivity contribution in [1.82, 2.24) is 0 Å². The van der Waals surface area contributed by atoms with Crippen molar-refractivity contribution in [3.8, 4) is 0 Å². The van der Waals surface area contributed by atoms with E-state index in [2.05, 4.69) is 0 Å². The van der Waals surface area contributed by atoms with Crippen molar-refractivity contribution in [2.75, 3.05) is 13.2 Å². The first-order valence-electron chi connectivity index (χ1n) is 6.02. The predicted octanol–water partition coefficient (Wildman–Crippen LogP) is -0.326. The Morgan fingerprint density at radius 3 is 0.952 bits per heavy atom. The fourth-order valence-electron chi connectivity index (χ4n) is 0.572. The number of carbonyl (C=O) groups excluding carboxylic acids is 2. The van der Waals surface area contributed by atoms with Gasteiger partial charge in [0.05, 0.1) is 0 Å². The number of aliphatic hydroxyl groups is 2. The fourth-order valence-corrected chi connectivity index (χ4v) is 0.572. The molecule has 128 valence electrons. The van der Waals surface area contributed by atoms with E-state index in [-0.39, 0.29) is 52.8 Å². The molecule has 0 atom stereocenters. The van der Waals surface area contributed by atoms with Crippen LogP contribution in [0.25, 0.3) is 0 Å². The van der Waals surface area contributed by atoms with Gasteiger partial charge in [-0.05, 0) is 39.8 Å². The molecule has 0 spiro atoms. The van der Waals surface area contributed by atoms with Crippen LogP contribution < -0.4 is 10.2 Å². The van der Waals surface area contributed by atoms with Gasteiger partial charge in [0.15, 0.2) is 11.6 Å². The third-order valence-corrected chi connectivity index (χ3v) is 0.813. The molecule has 6 nitrogen and oxygen atoms in total. The first kappa shape index (κ1) is 32.0. The minimum atomic E-state index is -0.187. The molecule has 7 heteroatoms. The van der Waals surface area contributed by atoms with Crippen LogP contribution in [-0.4, -0.2) is 35.0 Å². The van der Waals surface area contributed by atoms with E-state index >= 15 is 0 Å². The number of ketones is 2. The molecule has 21 heavy (non-hydrogen) atoms. The second-order valence-corrected chi connectivity index (χ2v) is 3.36. The van der Waals surface area contributed by atoms with Gasteiger partial charge in [-0.15, -0.1) is 11.5 Å². The van der Waals surface area contributed by atoms with Gasteiger partial charge in [0.2, 0.25) is 0 Å². The van der Waals surface area contributed by atoms with E-state index in [0.717, 1.165) is 12.2 Å². The normalized spacial score (nSPS) is 9.33. The van der Waals surface area contributed by atoms with Crippen molar-refractivity contribution < 1.29 is 46.5 Å². The Hall–Kier alpha value is -1.17. The number of aliphatic hydroxyl groups excluding tert-OH is 2. The molecule has 0 rings (SSSR count). The van der Waals surface area contributed by atoms with E-state index in [4.69, 9.17) is 10.2 Å². The fraction of sp³-hybridized carbons (Fsp3) is 0.571. The Balaban J connectivity index is -0.0000000576. The van der Waals surface area contributed by atoms with Gasteiger partial charge in [-0.1, -0.05) is 13.8 Å². The van der Waals surface area contributed by atoms with Crippen molar-refractivity contribution in [3.63, 3.8) is 0 Å². The van der Waals surface area contributed by atoms with E-state index in [1.807, 2.05) is 0 Å².